The molecule has 0 saturated carbocycles. The van der Waals surface area contributed by atoms with Crippen LogP contribution in [-0.2, 0) is 22.6 Å². The van der Waals surface area contributed by atoms with E-state index < -0.39 is 0 Å². The maximum Gasteiger partial charge on any atom is 0.240 e. The van der Waals surface area contributed by atoms with E-state index in [1.165, 1.54) is 4.90 Å². The molecule has 1 aromatic carbocycles. The topological polar surface area (TPSA) is 80.4 Å². The van der Waals surface area contributed by atoms with Gasteiger partial charge in [0.1, 0.15) is 18.1 Å². The Morgan fingerprint density at radius 3 is 2.89 bits per heavy atom. The Morgan fingerprint density at radius 2 is 2.11 bits per heavy atom. The molecule has 4 rings (SSSR count). The van der Waals surface area contributed by atoms with E-state index >= 15 is 0 Å². The van der Waals surface area contributed by atoms with Crippen LogP contribution in [0.5, 0.6) is 0 Å². The molecule has 2 amide bonds. The van der Waals surface area contributed by atoms with Crippen LogP contribution in [-0.4, -0.2) is 34.7 Å². The Labute approximate surface area is 162 Å². The highest BCUT2D eigenvalue weighted by molar-refractivity contribution is 5.99. The summed E-state index contributed by atoms with van der Waals surface area (Å²) in [6.07, 6.45) is 2.56. The molecule has 0 atom stereocenters. The molecule has 0 fully saturated rings. The lowest BCUT2D eigenvalue weighted by atomic mass is 10.1. The summed E-state index contributed by atoms with van der Waals surface area (Å²) < 4.78 is 7.06. The second-order valence-electron chi connectivity index (χ2n) is 6.84. The third kappa shape index (κ3) is 3.69. The number of hydrogen-bond acceptors (Lipinski definition) is 4. The monoisotopic (exact) mass is 378 g/mol. The fourth-order valence-corrected chi connectivity index (χ4v) is 3.39. The summed E-state index contributed by atoms with van der Waals surface area (Å²) in [5, 5.41) is 7.49. The first kappa shape index (κ1) is 18.0. The van der Waals surface area contributed by atoms with Gasteiger partial charge >= 0.3 is 0 Å². The number of aryl methyl sites for hydroxylation is 2. The molecule has 0 unspecified atom stereocenters. The zero-order valence-electron chi connectivity index (χ0n) is 15.7. The van der Waals surface area contributed by atoms with Crippen molar-refractivity contribution in [3.05, 3.63) is 60.1 Å². The van der Waals surface area contributed by atoms with Crippen molar-refractivity contribution >= 4 is 17.6 Å². The van der Waals surface area contributed by atoms with Gasteiger partial charge in [-0.25, -0.2) is 4.68 Å². The number of aromatic nitrogens is 2. The van der Waals surface area contributed by atoms with Gasteiger partial charge in [0.2, 0.25) is 11.8 Å². The van der Waals surface area contributed by atoms with Crippen molar-refractivity contribution in [1.29, 1.82) is 0 Å². The predicted octanol–water partition coefficient (Wildman–Crippen LogP) is 2.55. The maximum absolute atomic E-state index is 12.5. The highest BCUT2D eigenvalue weighted by atomic mass is 16.3. The summed E-state index contributed by atoms with van der Waals surface area (Å²) in [6.45, 7) is 3.00. The third-order valence-electron chi connectivity index (χ3n) is 4.87. The number of furan rings is 1. The summed E-state index contributed by atoms with van der Waals surface area (Å²) in [5.41, 5.74) is 2.96. The van der Waals surface area contributed by atoms with Gasteiger partial charge in [-0.3, -0.25) is 14.5 Å². The lowest BCUT2D eigenvalue weighted by molar-refractivity contribution is -0.124. The van der Waals surface area contributed by atoms with Crippen LogP contribution in [0.15, 0.2) is 53.1 Å². The molecule has 0 aliphatic carbocycles. The molecule has 28 heavy (non-hydrogen) atoms. The maximum atomic E-state index is 12.5. The first-order valence-corrected chi connectivity index (χ1v) is 9.35. The van der Waals surface area contributed by atoms with Gasteiger partial charge in [-0.05, 0) is 24.6 Å². The molecule has 3 heterocycles. The van der Waals surface area contributed by atoms with Crippen molar-refractivity contribution in [2.24, 2.45) is 0 Å². The van der Waals surface area contributed by atoms with Crippen LogP contribution in [0.2, 0.25) is 0 Å². The first-order valence-electron chi connectivity index (χ1n) is 9.35. The van der Waals surface area contributed by atoms with E-state index in [-0.39, 0.29) is 18.4 Å². The number of rotatable bonds is 6. The largest absolute Gasteiger partial charge is 0.469 e. The Hall–Kier alpha value is -3.35. The first-order chi connectivity index (χ1) is 13.6. The van der Waals surface area contributed by atoms with E-state index in [4.69, 9.17) is 4.42 Å². The van der Waals surface area contributed by atoms with Crippen molar-refractivity contribution in [2.45, 2.75) is 26.3 Å². The molecule has 0 spiro atoms. The Bertz CT molecular complexity index is 991. The van der Waals surface area contributed by atoms with Gasteiger partial charge in [0, 0.05) is 31.0 Å². The van der Waals surface area contributed by atoms with Crippen molar-refractivity contribution < 1.29 is 14.0 Å². The molecule has 0 saturated heterocycles. The number of amides is 2. The minimum absolute atomic E-state index is 0.0180. The van der Waals surface area contributed by atoms with E-state index in [1.807, 2.05) is 49.4 Å². The summed E-state index contributed by atoms with van der Waals surface area (Å²) in [6, 6.07) is 13.6. The van der Waals surface area contributed by atoms with Crippen LogP contribution in [0.1, 0.15) is 17.7 Å². The van der Waals surface area contributed by atoms with Crippen LogP contribution >= 0.6 is 0 Å². The molecule has 7 heteroatoms. The zero-order chi connectivity index (χ0) is 19.5. The number of carbonyl (C=O) groups is 2. The fraction of sp³-hybridized carbons (Fsp3) is 0.286. The quantitative estimate of drug-likeness (QED) is 0.715. The average Bonchev–Trinajstić information content (AvgIpc) is 3.34. The SMILES string of the molecule is Cc1ccccc1-c1cc2n(n1)CCC(=O)N2CC(=O)NCCc1ccco1. The Kier molecular flexibility index (Phi) is 4.97. The lowest BCUT2D eigenvalue weighted by Gasteiger charge is -2.26. The van der Waals surface area contributed by atoms with E-state index in [1.54, 1.807) is 10.9 Å². The smallest absolute Gasteiger partial charge is 0.240 e. The van der Waals surface area contributed by atoms with E-state index in [2.05, 4.69) is 10.4 Å². The molecule has 1 N–H and O–H groups in total. The molecule has 1 aliphatic heterocycles. The number of hydrogen-bond donors (Lipinski definition) is 1. The summed E-state index contributed by atoms with van der Waals surface area (Å²) >= 11 is 0. The van der Waals surface area contributed by atoms with Gasteiger partial charge in [0.25, 0.3) is 0 Å². The molecule has 144 valence electrons. The van der Waals surface area contributed by atoms with E-state index in [9.17, 15) is 9.59 Å². The molecule has 0 bridgehead atoms. The number of nitrogens with one attached hydrogen (secondary N) is 1. The van der Waals surface area contributed by atoms with Gasteiger partial charge in [-0.15, -0.1) is 0 Å². The van der Waals surface area contributed by atoms with Gasteiger partial charge in [-0.1, -0.05) is 24.3 Å². The lowest BCUT2D eigenvalue weighted by Crippen LogP contribution is -2.44. The summed E-state index contributed by atoms with van der Waals surface area (Å²) in [7, 11) is 0. The van der Waals surface area contributed by atoms with E-state index in [0.29, 0.717) is 31.7 Å². The van der Waals surface area contributed by atoms with Gasteiger partial charge in [0.05, 0.1) is 18.5 Å². The van der Waals surface area contributed by atoms with Gasteiger partial charge in [-0.2, -0.15) is 5.10 Å². The Morgan fingerprint density at radius 1 is 1.25 bits per heavy atom. The van der Waals surface area contributed by atoms with Crippen LogP contribution in [0, 0.1) is 6.92 Å². The standard InChI is InChI=1S/C21H22N4O3/c1-15-5-2-3-7-17(15)18-13-20-24(21(27)9-11-25(20)23-18)14-19(26)22-10-8-16-6-4-12-28-16/h2-7,12-13H,8-11,14H2,1H3,(H,22,26). The van der Waals surface area contributed by atoms with Gasteiger partial charge < -0.3 is 9.73 Å². The molecular formula is C21H22N4O3. The van der Waals surface area contributed by atoms with Crippen molar-refractivity contribution in [3.8, 4) is 11.3 Å². The number of nitrogens with zero attached hydrogens (tertiary/aromatic N) is 3. The van der Waals surface area contributed by atoms with Crippen molar-refractivity contribution in [3.63, 3.8) is 0 Å². The predicted molar refractivity (Wildman–Crippen MR) is 105 cm³/mol. The second-order valence-corrected chi connectivity index (χ2v) is 6.84. The van der Waals surface area contributed by atoms with Crippen LogP contribution in [0.25, 0.3) is 11.3 Å². The normalized spacial score (nSPS) is 13.5. The molecular weight excluding hydrogens is 356 g/mol. The minimum Gasteiger partial charge on any atom is -0.469 e. The highest BCUT2D eigenvalue weighted by Gasteiger charge is 2.28. The van der Waals surface area contributed by atoms with E-state index in [0.717, 1.165) is 22.6 Å². The number of benzene rings is 1. The third-order valence-corrected chi connectivity index (χ3v) is 4.87. The van der Waals surface area contributed by atoms with Crippen LogP contribution in [0.3, 0.4) is 0 Å². The minimum atomic E-state index is -0.202. The Balaban J connectivity index is 1.47. The number of anilines is 1. The average molecular weight is 378 g/mol. The van der Waals surface area contributed by atoms with Crippen molar-refractivity contribution in [1.82, 2.24) is 15.1 Å². The molecule has 1 aliphatic rings. The van der Waals surface area contributed by atoms with Crippen molar-refractivity contribution in [2.75, 3.05) is 18.0 Å². The summed E-state index contributed by atoms with van der Waals surface area (Å²) in [4.78, 5) is 26.3. The number of fused-ring (bicyclic) bond motifs is 1. The zero-order valence-corrected chi connectivity index (χ0v) is 15.7. The van der Waals surface area contributed by atoms with Gasteiger partial charge in [0.15, 0.2) is 0 Å². The summed E-state index contributed by atoms with van der Waals surface area (Å²) in [5.74, 6) is 1.21. The highest BCUT2D eigenvalue weighted by Crippen LogP contribution is 2.29. The molecule has 2 aromatic heterocycles. The molecule has 7 nitrogen and oxygen atoms in total. The number of carbonyl (C=O) groups excluding carboxylic acids is 2. The second kappa shape index (κ2) is 7.72. The molecule has 0 radical (unpaired) electrons. The van der Waals surface area contributed by atoms with Crippen LogP contribution in [0.4, 0.5) is 5.82 Å². The van der Waals surface area contributed by atoms with Crippen LogP contribution < -0.4 is 10.2 Å². The molecule has 3 aromatic rings. The fourth-order valence-electron chi connectivity index (χ4n) is 3.39.